The van der Waals surface area contributed by atoms with Gasteiger partial charge >= 0.3 is 0 Å². The predicted molar refractivity (Wildman–Crippen MR) is 69.6 cm³/mol. The first-order chi connectivity index (χ1) is 9.13. The minimum absolute atomic E-state index is 0.0445. The first kappa shape index (κ1) is 13.8. The fourth-order valence-corrected chi connectivity index (χ4v) is 2.37. The van der Waals surface area contributed by atoms with Gasteiger partial charge < -0.3 is 15.2 Å². The van der Waals surface area contributed by atoms with Gasteiger partial charge in [-0.05, 0) is 12.5 Å². The highest BCUT2D eigenvalue weighted by Crippen LogP contribution is 2.22. The van der Waals surface area contributed by atoms with Gasteiger partial charge in [-0.3, -0.25) is 9.69 Å². The van der Waals surface area contributed by atoms with Crippen molar-refractivity contribution in [3.05, 3.63) is 23.9 Å². The maximum Gasteiger partial charge on any atom is 0.234 e. The number of carbonyl (C=O) groups is 1. The third-order valence-electron chi connectivity index (χ3n) is 3.38. The zero-order valence-corrected chi connectivity index (χ0v) is 11.2. The largest absolute Gasteiger partial charge is 0.481 e. The Bertz CT molecular complexity index is 453. The van der Waals surface area contributed by atoms with Crippen molar-refractivity contribution in [2.75, 3.05) is 20.8 Å². The fourth-order valence-electron chi connectivity index (χ4n) is 2.37. The van der Waals surface area contributed by atoms with Crippen molar-refractivity contribution in [1.29, 1.82) is 0 Å². The molecule has 2 N–H and O–H groups in total. The number of hydrogen-bond donors (Lipinski definition) is 1. The summed E-state index contributed by atoms with van der Waals surface area (Å²) in [4.78, 5) is 17.8. The van der Waals surface area contributed by atoms with E-state index >= 15 is 0 Å². The lowest BCUT2D eigenvalue weighted by Crippen LogP contribution is -2.39. The van der Waals surface area contributed by atoms with Crippen LogP contribution in [0.2, 0.25) is 0 Å². The number of carbonyl (C=O) groups excluding carboxylic acids is 1. The van der Waals surface area contributed by atoms with Crippen LogP contribution in [0.5, 0.6) is 5.88 Å². The number of nitrogens with two attached hydrogens (primary N) is 1. The standard InChI is InChI=1S/C13H19N3O3/c1-18-10-6-11(13(14)17)16(8-10)7-9-4-3-5-12(15-9)19-2/h3-5,10-11H,6-8H2,1-2H3,(H2,14,17)/t10-,11-/m0/s1. The van der Waals surface area contributed by atoms with Gasteiger partial charge in [0.25, 0.3) is 0 Å². The smallest absolute Gasteiger partial charge is 0.234 e. The summed E-state index contributed by atoms with van der Waals surface area (Å²) in [6.07, 6.45) is 0.679. The number of ether oxygens (including phenoxy) is 2. The molecule has 1 amide bonds. The normalized spacial score (nSPS) is 23.5. The molecule has 2 atom stereocenters. The molecule has 0 radical (unpaired) electrons. The molecule has 0 aliphatic carbocycles. The molecule has 1 aromatic rings. The van der Waals surface area contributed by atoms with Crippen LogP contribution >= 0.6 is 0 Å². The summed E-state index contributed by atoms with van der Waals surface area (Å²) in [7, 11) is 3.23. The van der Waals surface area contributed by atoms with E-state index in [1.165, 1.54) is 0 Å². The molecule has 1 aromatic heterocycles. The van der Waals surface area contributed by atoms with Gasteiger partial charge in [-0.2, -0.15) is 0 Å². The molecule has 2 heterocycles. The molecular weight excluding hydrogens is 246 g/mol. The number of nitrogens with zero attached hydrogens (tertiary/aromatic N) is 2. The molecular formula is C13H19N3O3. The van der Waals surface area contributed by atoms with E-state index in [9.17, 15) is 4.79 Å². The highest BCUT2D eigenvalue weighted by molar-refractivity contribution is 5.80. The van der Waals surface area contributed by atoms with Gasteiger partial charge in [0.05, 0.1) is 24.9 Å². The molecule has 1 aliphatic rings. The van der Waals surface area contributed by atoms with Crippen molar-refractivity contribution in [1.82, 2.24) is 9.88 Å². The summed E-state index contributed by atoms with van der Waals surface area (Å²) < 4.78 is 10.4. The minimum Gasteiger partial charge on any atom is -0.481 e. The van der Waals surface area contributed by atoms with E-state index in [1.54, 1.807) is 20.3 Å². The average Bonchev–Trinajstić information content (AvgIpc) is 2.82. The zero-order valence-electron chi connectivity index (χ0n) is 11.2. The number of primary amides is 1. The van der Waals surface area contributed by atoms with Gasteiger partial charge in [-0.25, -0.2) is 4.98 Å². The second-order valence-corrected chi connectivity index (χ2v) is 4.61. The van der Waals surface area contributed by atoms with E-state index in [2.05, 4.69) is 4.98 Å². The topological polar surface area (TPSA) is 77.7 Å². The molecule has 0 unspecified atom stereocenters. The van der Waals surface area contributed by atoms with Gasteiger partial charge in [-0.1, -0.05) is 6.07 Å². The molecule has 6 heteroatoms. The van der Waals surface area contributed by atoms with Crippen molar-refractivity contribution in [2.24, 2.45) is 5.73 Å². The van der Waals surface area contributed by atoms with Crippen molar-refractivity contribution >= 4 is 5.91 Å². The molecule has 0 saturated carbocycles. The van der Waals surface area contributed by atoms with E-state index in [1.807, 2.05) is 17.0 Å². The maximum atomic E-state index is 11.5. The van der Waals surface area contributed by atoms with Crippen molar-refractivity contribution in [3.63, 3.8) is 0 Å². The summed E-state index contributed by atoms with van der Waals surface area (Å²) in [5.41, 5.74) is 6.28. The van der Waals surface area contributed by atoms with Crippen LogP contribution in [-0.2, 0) is 16.1 Å². The van der Waals surface area contributed by atoms with Gasteiger partial charge in [0.15, 0.2) is 0 Å². The Balaban J connectivity index is 2.09. The minimum atomic E-state index is -0.317. The molecule has 1 fully saturated rings. The fraction of sp³-hybridized carbons (Fsp3) is 0.538. The number of amides is 1. The lowest BCUT2D eigenvalue weighted by molar-refractivity contribution is -0.122. The number of hydrogen-bond acceptors (Lipinski definition) is 5. The van der Waals surface area contributed by atoms with E-state index in [-0.39, 0.29) is 18.1 Å². The summed E-state index contributed by atoms with van der Waals surface area (Å²) in [5, 5.41) is 0. The van der Waals surface area contributed by atoms with E-state index in [0.29, 0.717) is 25.4 Å². The molecule has 1 saturated heterocycles. The third kappa shape index (κ3) is 3.21. The van der Waals surface area contributed by atoms with E-state index < -0.39 is 0 Å². The van der Waals surface area contributed by atoms with Gasteiger partial charge in [0.1, 0.15) is 0 Å². The molecule has 19 heavy (non-hydrogen) atoms. The first-order valence-corrected chi connectivity index (χ1v) is 6.20. The molecule has 0 aromatic carbocycles. The van der Waals surface area contributed by atoms with Gasteiger partial charge in [0.2, 0.25) is 11.8 Å². The predicted octanol–water partition coefficient (Wildman–Crippen LogP) is 0.165. The summed E-state index contributed by atoms with van der Waals surface area (Å²) in [5.74, 6) is 0.248. The molecule has 104 valence electrons. The van der Waals surface area contributed by atoms with Crippen LogP contribution in [0.3, 0.4) is 0 Å². The van der Waals surface area contributed by atoms with Crippen molar-refractivity contribution in [3.8, 4) is 5.88 Å². The first-order valence-electron chi connectivity index (χ1n) is 6.20. The molecule has 2 rings (SSSR count). The Morgan fingerprint density at radius 1 is 1.53 bits per heavy atom. The molecule has 0 bridgehead atoms. The highest BCUT2D eigenvalue weighted by atomic mass is 16.5. The van der Waals surface area contributed by atoms with Crippen LogP contribution in [0.4, 0.5) is 0 Å². The van der Waals surface area contributed by atoms with Crippen LogP contribution in [0.25, 0.3) is 0 Å². The lowest BCUT2D eigenvalue weighted by Gasteiger charge is -2.21. The zero-order chi connectivity index (χ0) is 13.8. The number of aromatic nitrogens is 1. The van der Waals surface area contributed by atoms with Crippen molar-refractivity contribution < 1.29 is 14.3 Å². The summed E-state index contributed by atoms with van der Waals surface area (Å²) in [6, 6.07) is 5.28. The van der Waals surface area contributed by atoms with Crippen LogP contribution in [-0.4, -0.2) is 48.7 Å². The lowest BCUT2D eigenvalue weighted by atomic mass is 10.2. The van der Waals surface area contributed by atoms with E-state index in [0.717, 1.165) is 5.69 Å². The Kier molecular flexibility index (Phi) is 4.34. The Labute approximate surface area is 112 Å². The SMILES string of the molecule is COc1cccc(CN2C[C@@H](OC)C[C@H]2C(N)=O)n1. The quantitative estimate of drug-likeness (QED) is 0.821. The van der Waals surface area contributed by atoms with Crippen LogP contribution in [0.1, 0.15) is 12.1 Å². The van der Waals surface area contributed by atoms with Gasteiger partial charge in [-0.15, -0.1) is 0 Å². The Morgan fingerprint density at radius 3 is 2.95 bits per heavy atom. The summed E-state index contributed by atoms with van der Waals surface area (Å²) >= 11 is 0. The molecule has 0 spiro atoms. The second-order valence-electron chi connectivity index (χ2n) is 4.61. The van der Waals surface area contributed by atoms with E-state index in [4.69, 9.17) is 15.2 Å². The molecule has 6 nitrogen and oxygen atoms in total. The number of pyridine rings is 1. The van der Waals surface area contributed by atoms with Crippen LogP contribution in [0, 0.1) is 0 Å². The molecule has 1 aliphatic heterocycles. The number of methoxy groups -OCH3 is 2. The van der Waals surface area contributed by atoms with Crippen molar-refractivity contribution in [2.45, 2.75) is 25.1 Å². The average molecular weight is 265 g/mol. The number of likely N-dealkylation sites (tertiary alicyclic amines) is 1. The summed E-state index contributed by atoms with van der Waals surface area (Å²) in [6.45, 7) is 1.24. The third-order valence-corrected chi connectivity index (χ3v) is 3.38. The number of rotatable bonds is 5. The second kappa shape index (κ2) is 5.99. The Hall–Kier alpha value is -1.66. The monoisotopic (exact) mass is 265 g/mol. The highest BCUT2D eigenvalue weighted by Gasteiger charge is 2.35. The van der Waals surface area contributed by atoms with Crippen LogP contribution in [0.15, 0.2) is 18.2 Å². The Morgan fingerprint density at radius 2 is 2.32 bits per heavy atom. The van der Waals surface area contributed by atoms with Gasteiger partial charge in [0, 0.05) is 26.3 Å². The maximum absolute atomic E-state index is 11.5. The van der Waals surface area contributed by atoms with Crippen LogP contribution < -0.4 is 10.5 Å².